The van der Waals surface area contributed by atoms with Gasteiger partial charge in [0.1, 0.15) is 0 Å². The van der Waals surface area contributed by atoms with Gasteiger partial charge in [0.05, 0.1) is 0 Å². The largest absolute Gasteiger partial charge is 0.289 e. The molecule has 2 aliphatic rings. The third-order valence-electron chi connectivity index (χ3n) is 2.60. The van der Waals surface area contributed by atoms with E-state index in [9.17, 15) is 4.79 Å². The topological polar surface area (TPSA) is 17.1 Å². The van der Waals surface area contributed by atoms with Gasteiger partial charge in [0, 0.05) is 5.56 Å². The first-order valence-electron chi connectivity index (χ1n) is 4.60. The number of rotatable bonds is 0. The molecule has 66 valence electrons. The molecule has 1 heteroatoms. The summed E-state index contributed by atoms with van der Waals surface area (Å²) in [6.07, 6.45) is 8.08. The van der Waals surface area contributed by atoms with Crippen LogP contribution in [-0.4, -0.2) is 0 Å². The van der Waals surface area contributed by atoms with Gasteiger partial charge in [-0.3, -0.25) is 4.79 Å². The molecule has 0 bridgehead atoms. The van der Waals surface area contributed by atoms with E-state index in [4.69, 9.17) is 0 Å². The Bertz CT molecular complexity index is 560. The normalized spacial score (nSPS) is 16.0. The SMILES string of the molecule is O=c1ccccc2c1C1=CC=CC1=C2. The van der Waals surface area contributed by atoms with E-state index in [2.05, 4.69) is 6.08 Å². The smallest absolute Gasteiger partial charge is 0.187 e. The van der Waals surface area contributed by atoms with Gasteiger partial charge >= 0.3 is 0 Å². The Morgan fingerprint density at radius 3 is 2.86 bits per heavy atom. The molecule has 0 N–H and O–H groups in total. The lowest BCUT2D eigenvalue weighted by Gasteiger charge is -1.94. The van der Waals surface area contributed by atoms with E-state index < -0.39 is 0 Å². The molecule has 3 rings (SSSR count). The minimum absolute atomic E-state index is 0.103. The number of hydrogen-bond acceptors (Lipinski definition) is 1. The molecule has 0 atom stereocenters. The molecule has 1 aromatic carbocycles. The maximum atomic E-state index is 11.8. The highest BCUT2D eigenvalue weighted by Crippen LogP contribution is 2.36. The Morgan fingerprint density at radius 2 is 1.93 bits per heavy atom. The van der Waals surface area contributed by atoms with Gasteiger partial charge < -0.3 is 0 Å². The van der Waals surface area contributed by atoms with Crippen LogP contribution in [0.25, 0.3) is 11.6 Å². The minimum atomic E-state index is 0.103. The zero-order valence-electron chi connectivity index (χ0n) is 7.53. The van der Waals surface area contributed by atoms with E-state index >= 15 is 0 Å². The predicted octanol–water partition coefficient (Wildman–Crippen LogP) is 2.40. The second kappa shape index (κ2) is 2.55. The van der Waals surface area contributed by atoms with E-state index in [1.165, 1.54) is 0 Å². The summed E-state index contributed by atoms with van der Waals surface area (Å²) in [5, 5.41) is 0. The predicted molar refractivity (Wildman–Crippen MR) is 57.8 cm³/mol. The summed E-state index contributed by atoms with van der Waals surface area (Å²) in [7, 11) is 0. The average Bonchev–Trinajstić information content (AvgIpc) is 2.66. The quantitative estimate of drug-likeness (QED) is 0.599. The van der Waals surface area contributed by atoms with Gasteiger partial charge in [0.15, 0.2) is 5.43 Å². The highest BCUT2D eigenvalue weighted by Gasteiger charge is 2.20. The second-order valence-electron chi connectivity index (χ2n) is 3.45. The molecule has 0 heterocycles. The lowest BCUT2D eigenvalue weighted by Crippen LogP contribution is -2.02. The van der Waals surface area contributed by atoms with E-state index in [1.807, 2.05) is 30.4 Å². The highest BCUT2D eigenvalue weighted by molar-refractivity contribution is 5.99. The molecular weight excluding hydrogens is 172 g/mol. The molecule has 1 aromatic rings. The second-order valence-corrected chi connectivity index (χ2v) is 3.45. The fourth-order valence-electron chi connectivity index (χ4n) is 1.97. The molecule has 0 amide bonds. The van der Waals surface area contributed by atoms with E-state index in [0.29, 0.717) is 0 Å². The zero-order valence-corrected chi connectivity index (χ0v) is 7.53. The third kappa shape index (κ3) is 0.867. The molecule has 1 nitrogen and oxygen atoms in total. The van der Waals surface area contributed by atoms with Crippen LogP contribution in [0.3, 0.4) is 0 Å². The molecule has 0 fully saturated rings. The van der Waals surface area contributed by atoms with Crippen molar-refractivity contribution in [2.45, 2.75) is 0 Å². The van der Waals surface area contributed by atoms with Gasteiger partial charge in [-0.25, -0.2) is 0 Å². The van der Waals surface area contributed by atoms with E-state index in [-0.39, 0.29) is 5.43 Å². The molecule has 0 aliphatic heterocycles. The number of hydrogen-bond donors (Lipinski definition) is 0. The van der Waals surface area contributed by atoms with Gasteiger partial charge in [0.25, 0.3) is 0 Å². The average molecular weight is 180 g/mol. The number of allylic oxidation sites excluding steroid dienone is 5. The zero-order chi connectivity index (χ0) is 9.54. The van der Waals surface area contributed by atoms with Gasteiger partial charge in [0.2, 0.25) is 0 Å². The Labute approximate surface area is 81.7 Å². The monoisotopic (exact) mass is 180 g/mol. The van der Waals surface area contributed by atoms with Crippen LogP contribution in [0.2, 0.25) is 0 Å². The molecule has 14 heavy (non-hydrogen) atoms. The summed E-state index contributed by atoms with van der Waals surface area (Å²) < 4.78 is 0. The molecule has 0 aromatic heterocycles. The molecular formula is C13H8O. The van der Waals surface area contributed by atoms with Crippen molar-refractivity contribution in [1.82, 2.24) is 0 Å². The van der Waals surface area contributed by atoms with Crippen molar-refractivity contribution in [3.8, 4) is 0 Å². The minimum Gasteiger partial charge on any atom is -0.289 e. The van der Waals surface area contributed by atoms with Crippen molar-refractivity contribution in [2.24, 2.45) is 0 Å². The van der Waals surface area contributed by atoms with Crippen molar-refractivity contribution in [3.05, 3.63) is 69.4 Å². The van der Waals surface area contributed by atoms with Crippen LogP contribution in [0.4, 0.5) is 0 Å². The van der Waals surface area contributed by atoms with E-state index in [1.54, 1.807) is 12.1 Å². The van der Waals surface area contributed by atoms with Gasteiger partial charge in [-0.15, -0.1) is 0 Å². The molecule has 2 aliphatic carbocycles. The van der Waals surface area contributed by atoms with Gasteiger partial charge in [-0.1, -0.05) is 36.4 Å². The molecule has 0 saturated heterocycles. The van der Waals surface area contributed by atoms with Crippen molar-refractivity contribution in [1.29, 1.82) is 0 Å². The standard InChI is InChI=1S/C13H8O/c14-12-7-2-1-4-10-8-9-5-3-6-11(9)13(10)12/h1-8H. The highest BCUT2D eigenvalue weighted by atomic mass is 16.1. The van der Waals surface area contributed by atoms with Crippen molar-refractivity contribution < 1.29 is 0 Å². The van der Waals surface area contributed by atoms with Gasteiger partial charge in [-0.05, 0) is 28.9 Å². The van der Waals surface area contributed by atoms with Crippen LogP contribution in [0.5, 0.6) is 0 Å². The fraction of sp³-hybridized carbons (Fsp3) is 0. The lowest BCUT2D eigenvalue weighted by molar-refractivity contribution is 1.58. The molecule has 0 unspecified atom stereocenters. The molecule has 0 spiro atoms. The summed E-state index contributed by atoms with van der Waals surface area (Å²) >= 11 is 0. The Balaban J connectivity index is 2.43. The van der Waals surface area contributed by atoms with Gasteiger partial charge in [-0.2, -0.15) is 0 Å². The summed E-state index contributed by atoms with van der Waals surface area (Å²) in [6, 6.07) is 7.30. The molecule has 0 radical (unpaired) electrons. The first kappa shape index (κ1) is 7.51. The summed E-state index contributed by atoms with van der Waals surface area (Å²) in [6.45, 7) is 0. The maximum absolute atomic E-state index is 11.8. The van der Waals surface area contributed by atoms with Crippen LogP contribution in [0.15, 0.2) is 52.9 Å². The van der Waals surface area contributed by atoms with Crippen LogP contribution in [0.1, 0.15) is 11.1 Å². The summed E-state index contributed by atoms with van der Waals surface area (Å²) in [4.78, 5) is 11.8. The Kier molecular flexibility index (Phi) is 1.37. The van der Waals surface area contributed by atoms with E-state index in [0.717, 1.165) is 22.3 Å². The maximum Gasteiger partial charge on any atom is 0.187 e. The molecule has 0 saturated carbocycles. The van der Waals surface area contributed by atoms with Crippen LogP contribution in [-0.2, 0) is 0 Å². The summed E-state index contributed by atoms with van der Waals surface area (Å²) in [5.41, 5.74) is 4.20. The first-order valence-corrected chi connectivity index (χ1v) is 4.60. The third-order valence-corrected chi connectivity index (χ3v) is 2.60. The Hall–Kier alpha value is -1.89. The van der Waals surface area contributed by atoms with Crippen LogP contribution < -0.4 is 5.43 Å². The summed E-state index contributed by atoms with van der Waals surface area (Å²) in [5.74, 6) is 0. The lowest BCUT2D eigenvalue weighted by atomic mass is 10.1. The fourth-order valence-corrected chi connectivity index (χ4v) is 1.97. The van der Waals surface area contributed by atoms with Crippen molar-refractivity contribution in [2.75, 3.05) is 0 Å². The number of fused-ring (bicyclic) bond motifs is 3. The Morgan fingerprint density at radius 1 is 1.07 bits per heavy atom. The van der Waals surface area contributed by atoms with Crippen LogP contribution in [0, 0.1) is 0 Å². The van der Waals surface area contributed by atoms with Crippen molar-refractivity contribution in [3.63, 3.8) is 0 Å². The van der Waals surface area contributed by atoms with Crippen LogP contribution >= 0.6 is 0 Å². The first-order chi connectivity index (χ1) is 6.86. The van der Waals surface area contributed by atoms with Crippen molar-refractivity contribution >= 4 is 11.6 Å².